The summed E-state index contributed by atoms with van der Waals surface area (Å²) >= 11 is 3.17. The normalized spacial score (nSPS) is 14.7. The van der Waals surface area contributed by atoms with Crippen LogP contribution in [0.4, 0.5) is 17.1 Å². The van der Waals surface area contributed by atoms with Crippen LogP contribution in [-0.2, 0) is 15.6 Å². The first-order chi connectivity index (χ1) is 25.0. The number of carboxylic acids is 1. The number of carboxylic acid groups (broad SMARTS) is 1. The minimum Gasteiger partial charge on any atom is -0.477 e. The van der Waals surface area contributed by atoms with Crippen LogP contribution in [0.3, 0.4) is 0 Å². The molecule has 0 aliphatic heterocycles. The lowest BCUT2D eigenvalue weighted by atomic mass is 9.82. The summed E-state index contributed by atoms with van der Waals surface area (Å²) in [5, 5.41) is 18.5. The van der Waals surface area contributed by atoms with Gasteiger partial charge in [0.1, 0.15) is 11.6 Å². The molecule has 0 fully saturated rings. The molecule has 4 nitrogen and oxygen atoms in total. The van der Waals surface area contributed by atoms with Crippen molar-refractivity contribution in [1.29, 1.82) is 5.26 Å². The minimum absolute atomic E-state index is 0.121. The smallest absolute Gasteiger partial charge is 0.346 e. The molecule has 0 amide bonds. The van der Waals surface area contributed by atoms with Gasteiger partial charge in [0, 0.05) is 47.0 Å². The third-order valence-corrected chi connectivity index (χ3v) is 13.2. The lowest BCUT2D eigenvalue weighted by Gasteiger charge is -2.30. The Labute approximate surface area is 311 Å². The van der Waals surface area contributed by atoms with Crippen molar-refractivity contribution in [3.8, 4) is 38.8 Å². The Kier molecular flexibility index (Phi) is 7.21. The Morgan fingerprint density at radius 1 is 0.635 bits per heavy atom. The fourth-order valence-electron chi connectivity index (χ4n) is 8.24. The van der Waals surface area contributed by atoms with Gasteiger partial charge in [-0.2, -0.15) is 5.26 Å². The van der Waals surface area contributed by atoms with Crippen LogP contribution in [0, 0.1) is 11.3 Å². The van der Waals surface area contributed by atoms with Crippen LogP contribution in [0.1, 0.15) is 54.8 Å². The van der Waals surface area contributed by atoms with Crippen LogP contribution in [0.15, 0.2) is 127 Å². The molecule has 252 valence electrons. The number of nitrogens with zero attached hydrogens (tertiary/aromatic N) is 2. The van der Waals surface area contributed by atoms with E-state index in [1.807, 2.05) is 6.07 Å². The van der Waals surface area contributed by atoms with Gasteiger partial charge < -0.3 is 10.0 Å². The number of hydrogen-bond acceptors (Lipinski definition) is 5. The third-order valence-electron chi connectivity index (χ3n) is 10.9. The maximum absolute atomic E-state index is 11.3. The van der Waals surface area contributed by atoms with Crippen molar-refractivity contribution in [2.24, 2.45) is 0 Å². The van der Waals surface area contributed by atoms with Gasteiger partial charge in [0.15, 0.2) is 0 Å². The summed E-state index contributed by atoms with van der Waals surface area (Å²) in [7, 11) is 0. The maximum Gasteiger partial charge on any atom is 0.346 e. The van der Waals surface area contributed by atoms with Crippen LogP contribution in [0.2, 0.25) is 0 Å². The van der Waals surface area contributed by atoms with Crippen LogP contribution < -0.4 is 4.90 Å². The maximum atomic E-state index is 11.3. The molecular formula is C46H34N2O2S2. The highest BCUT2D eigenvalue weighted by Gasteiger charge is 2.37. The molecule has 9 rings (SSSR count). The van der Waals surface area contributed by atoms with Crippen molar-refractivity contribution < 1.29 is 9.90 Å². The Morgan fingerprint density at radius 3 is 1.65 bits per heavy atom. The van der Waals surface area contributed by atoms with Gasteiger partial charge in [0.25, 0.3) is 0 Å². The van der Waals surface area contributed by atoms with E-state index in [0.29, 0.717) is 0 Å². The highest BCUT2D eigenvalue weighted by molar-refractivity contribution is 7.29. The van der Waals surface area contributed by atoms with Gasteiger partial charge in [0.2, 0.25) is 0 Å². The summed E-state index contributed by atoms with van der Waals surface area (Å²) in [4.78, 5) is 15.6. The molecule has 2 aromatic heterocycles. The van der Waals surface area contributed by atoms with E-state index in [2.05, 4.69) is 148 Å². The quantitative estimate of drug-likeness (QED) is 0.138. The summed E-state index contributed by atoms with van der Waals surface area (Å²) in [6.45, 7) is 9.32. The van der Waals surface area contributed by atoms with Gasteiger partial charge in [-0.25, -0.2) is 4.79 Å². The first kappa shape index (κ1) is 32.2. The summed E-state index contributed by atoms with van der Waals surface area (Å²) in [6.07, 6.45) is 1.44. The van der Waals surface area contributed by atoms with Crippen LogP contribution in [0.25, 0.3) is 48.2 Å². The van der Waals surface area contributed by atoms with Crippen molar-refractivity contribution in [2.45, 2.75) is 38.5 Å². The second kappa shape index (κ2) is 11.6. The first-order valence-corrected chi connectivity index (χ1v) is 19.0. The summed E-state index contributed by atoms with van der Waals surface area (Å²) < 4.78 is 2.14. The summed E-state index contributed by atoms with van der Waals surface area (Å²) in [6, 6.07) is 46.1. The Morgan fingerprint density at radius 2 is 1.13 bits per heavy atom. The van der Waals surface area contributed by atoms with Gasteiger partial charge in [-0.15, -0.1) is 22.7 Å². The zero-order chi connectivity index (χ0) is 35.9. The molecule has 0 unspecified atom stereocenters. The molecular weight excluding hydrogens is 677 g/mol. The Balaban J connectivity index is 1.14. The number of rotatable bonds is 6. The predicted molar refractivity (Wildman–Crippen MR) is 216 cm³/mol. The third kappa shape index (κ3) is 4.88. The number of benzene rings is 5. The average Bonchev–Trinajstić information content (AvgIpc) is 3.84. The van der Waals surface area contributed by atoms with E-state index < -0.39 is 5.97 Å². The zero-order valence-corrected chi connectivity index (χ0v) is 30.8. The highest BCUT2D eigenvalue weighted by Crippen LogP contribution is 2.53. The number of carbonyl (C=O) groups is 1. The van der Waals surface area contributed by atoms with Crippen molar-refractivity contribution in [3.63, 3.8) is 0 Å². The Bertz CT molecular complexity index is 2550. The molecule has 2 aliphatic carbocycles. The number of fused-ring (bicyclic) bond motifs is 7. The molecule has 0 atom stereocenters. The van der Waals surface area contributed by atoms with Gasteiger partial charge in [0.05, 0.1) is 0 Å². The first-order valence-electron chi connectivity index (χ1n) is 17.3. The zero-order valence-electron chi connectivity index (χ0n) is 29.2. The van der Waals surface area contributed by atoms with E-state index in [0.717, 1.165) is 41.8 Å². The summed E-state index contributed by atoms with van der Waals surface area (Å²) in [5.74, 6) is -1.21. The molecule has 5 aromatic carbocycles. The number of aliphatic carboxylic acids is 1. The van der Waals surface area contributed by atoms with E-state index >= 15 is 0 Å². The molecule has 6 heteroatoms. The topological polar surface area (TPSA) is 64.3 Å². The van der Waals surface area contributed by atoms with Gasteiger partial charge >= 0.3 is 5.97 Å². The monoisotopic (exact) mass is 710 g/mol. The largest absolute Gasteiger partial charge is 0.477 e. The highest BCUT2D eigenvalue weighted by atomic mass is 32.1. The number of nitriles is 1. The van der Waals surface area contributed by atoms with Gasteiger partial charge in [-0.05, 0) is 105 Å². The van der Waals surface area contributed by atoms with Gasteiger partial charge in [-0.3, -0.25) is 0 Å². The lowest BCUT2D eigenvalue weighted by molar-refractivity contribution is -0.132. The molecule has 1 N–H and O–H groups in total. The molecule has 0 saturated heterocycles. The van der Waals surface area contributed by atoms with E-state index in [9.17, 15) is 15.2 Å². The van der Waals surface area contributed by atoms with Crippen LogP contribution in [-0.4, -0.2) is 11.1 Å². The van der Waals surface area contributed by atoms with Crippen molar-refractivity contribution in [2.75, 3.05) is 4.90 Å². The molecule has 0 spiro atoms. The van der Waals surface area contributed by atoms with E-state index in [1.165, 1.54) is 61.9 Å². The Hall–Kier alpha value is -5.74. The number of hydrogen-bond donors (Lipinski definition) is 1. The molecule has 2 aliphatic rings. The standard InChI is InChI=1S/C46H34N2O2S2/c1-45(2)37-11-7-5-9-33(37)35-19-17-30(22-39(35)45)48(31-18-20-36-34-10-6-8-12-38(34)46(3,4)40(36)23-31)29-15-13-27(14-16-29)41-25-43-42(52-41)24-32(51-43)21-28(26-47)44(49)50/h5-25H,1-4H3,(H,49,50). The second-order valence-corrected chi connectivity index (χ2v) is 16.8. The summed E-state index contributed by atoms with van der Waals surface area (Å²) in [5.41, 5.74) is 14.6. The van der Waals surface area contributed by atoms with Crippen molar-refractivity contribution in [3.05, 3.63) is 154 Å². The number of thiophene rings is 2. The van der Waals surface area contributed by atoms with Crippen LogP contribution in [0.5, 0.6) is 0 Å². The predicted octanol–water partition coefficient (Wildman–Crippen LogP) is 12.7. The van der Waals surface area contributed by atoms with E-state index in [-0.39, 0.29) is 16.4 Å². The minimum atomic E-state index is -1.21. The lowest BCUT2D eigenvalue weighted by Crippen LogP contribution is -2.18. The fourth-order valence-corrected chi connectivity index (χ4v) is 10.6. The molecule has 7 aromatic rings. The molecule has 0 bridgehead atoms. The molecule has 2 heterocycles. The average molecular weight is 711 g/mol. The second-order valence-electron chi connectivity index (χ2n) is 14.6. The van der Waals surface area contributed by atoms with E-state index in [1.54, 1.807) is 17.4 Å². The van der Waals surface area contributed by atoms with E-state index in [4.69, 9.17) is 0 Å². The van der Waals surface area contributed by atoms with Gasteiger partial charge in [-0.1, -0.05) is 100 Å². The SMILES string of the molecule is CC1(C)c2ccccc2-c2ccc(N(c3ccc(-c4cc5sc(C=C(C#N)C(=O)O)cc5s4)cc3)c3ccc4c(c3)C(C)(C)c3ccccc3-4)cc21. The molecule has 52 heavy (non-hydrogen) atoms. The molecule has 0 saturated carbocycles. The number of anilines is 3. The van der Waals surface area contributed by atoms with Crippen LogP contribution >= 0.6 is 22.7 Å². The van der Waals surface area contributed by atoms with Crippen molar-refractivity contribution >= 4 is 61.2 Å². The fraction of sp³-hybridized carbons (Fsp3) is 0.130. The van der Waals surface area contributed by atoms with Crippen molar-refractivity contribution in [1.82, 2.24) is 0 Å². The molecule has 0 radical (unpaired) electrons.